The van der Waals surface area contributed by atoms with Gasteiger partial charge >= 0.3 is 6.01 Å². The van der Waals surface area contributed by atoms with Gasteiger partial charge in [-0.1, -0.05) is 0 Å². The summed E-state index contributed by atoms with van der Waals surface area (Å²) in [5, 5.41) is 0. The van der Waals surface area contributed by atoms with E-state index in [1.54, 1.807) is 19.5 Å². The van der Waals surface area contributed by atoms with Gasteiger partial charge in [0.1, 0.15) is 5.82 Å². The maximum atomic E-state index is 5.58. The molecule has 114 valence electrons. The molecule has 1 fully saturated rings. The lowest BCUT2D eigenvalue weighted by Crippen LogP contribution is -2.36. The highest BCUT2D eigenvalue weighted by Gasteiger charge is 2.13. The molecule has 7 nitrogen and oxygen atoms in total. The maximum Gasteiger partial charge on any atom is 0.318 e. The molecule has 2 heterocycles. The van der Waals surface area contributed by atoms with Crippen molar-refractivity contribution < 1.29 is 9.47 Å². The van der Waals surface area contributed by atoms with Crippen molar-refractivity contribution in [2.75, 3.05) is 44.9 Å². The molecule has 1 aliphatic rings. The van der Waals surface area contributed by atoms with E-state index in [0.717, 1.165) is 37.7 Å². The Morgan fingerprint density at radius 1 is 1.52 bits per heavy atom. The zero-order chi connectivity index (χ0) is 14.9. The molecule has 0 atom stereocenters. The molecule has 1 saturated heterocycles. The number of hydrogen-bond acceptors (Lipinski definition) is 7. The fourth-order valence-corrected chi connectivity index (χ4v) is 1.99. The Bertz CT molecular complexity index is 498. The minimum absolute atomic E-state index is 0.379. The topological polar surface area (TPSA) is 85.9 Å². The molecular formula is C14H21N5O2. The van der Waals surface area contributed by atoms with Gasteiger partial charge in [-0.05, 0) is 17.8 Å². The molecule has 0 spiro atoms. The number of nitrogens with two attached hydrogens (primary N) is 1. The molecule has 1 aliphatic heterocycles. The Balaban J connectivity index is 1.89. The highest BCUT2D eigenvalue weighted by molar-refractivity contribution is 5.78. The van der Waals surface area contributed by atoms with E-state index in [9.17, 15) is 0 Å². The first-order valence-corrected chi connectivity index (χ1v) is 6.95. The van der Waals surface area contributed by atoms with Gasteiger partial charge in [0.15, 0.2) is 0 Å². The largest absolute Gasteiger partial charge is 0.463 e. The molecule has 0 amide bonds. The second-order valence-electron chi connectivity index (χ2n) is 4.52. The van der Waals surface area contributed by atoms with Gasteiger partial charge in [-0.15, -0.1) is 0 Å². The van der Waals surface area contributed by atoms with Crippen molar-refractivity contribution in [2.24, 2.45) is 10.7 Å². The smallest absolute Gasteiger partial charge is 0.318 e. The van der Waals surface area contributed by atoms with Crippen LogP contribution < -0.4 is 15.4 Å². The molecule has 0 aliphatic carbocycles. The number of ether oxygens (including phenoxy) is 2. The first-order chi connectivity index (χ1) is 10.3. The van der Waals surface area contributed by atoms with Crippen LogP contribution >= 0.6 is 0 Å². The van der Waals surface area contributed by atoms with Crippen LogP contribution in [0.1, 0.15) is 6.42 Å². The van der Waals surface area contributed by atoms with Gasteiger partial charge in [0.05, 0.1) is 19.8 Å². The second-order valence-corrected chi connectivity index (χ2v) is 4.52. The van der Waals surface area contributed by atoms with Crippen molar-refractivity contribution >= 4 is 12.0 Å². The van der Waals surface area contributed by atoms with Crippen LogP contribution in [0, 0.1) is 0 Å². The molecule has 7 heteroatoms. The quantitative estimate of drug-likeness (QED) is 0.774. The van der Waals surface area contributed by atoms with Crippen molar-refractivity contribution in [3.63, 3.8) is 0 Å². The van der Waals surface area contributed by atoms with E-state index in [1.807, 2.05) is 6.07 Å². The van der Waals surface area contributed by atoms with Gasteiger partial charge in [-0.2, -0.15) is 4.98 Å². The summed E-state index contributed by atoms with van der Waals surface area (Å²) in [5.74, 6) is 0.869. The molecule has 0 aromatic carbocycles. The zero-order valence-corrected chi connectivity index (χ0v) is 12.2. The molecule has 0 radical (unpaired) electrons. The van der Waals surface area contributed by atoms with Gasteiger partial charge < -0.3 is 20.1 Å². The Labute approximate surface area is 124 Å². The van der Waals surface area contributed by atoms with Crippen molar-refractivity contribution in [3.8, 4) is 6.01 Å². The van der Waals surface area contributed by atoms with Crippen LogP contribution in [0.2, 0.25) is 0 Å². The highest BCUT2D eigenvalue weighted by atomic mass is 16.5. The zero-order valence-electron chi connectivity index (χ0n) is 12.2. The van der Waals surface area contributed by atoms with Gasteiger partial charge in [0.2, 0.25) is 0 Å². The number of nitrogens with zero attached hydrogens (tertiary/aromatic N) is 4. The minimum Gasteiger partial charge on any atom is -0.463 e. The van der Waals surface area contributed by atoms with Gasteiger partial charge in [-0.3, -0.25) is 4.99 Å². The fraction of sp³-hybridized carbons (Fsp3) is 0.500. The Morgan fingerprint density at radius 2 is 2.33 bits per heavy atom. The third kappa shape index (κ3) is 4.71. The van der Waals surface area contributed by atoms with E-state index in [1.165, 1.54) is 6.20 Å². The van der Waals surface area contributed by atoms with Crippen LogP contribution in [-0.2, 0) is 4.74 Å². The summed E-state index contributed by atoms with van der Waals surface area (Å²) >= 11 is 0. The molecule has 2 N–H and O–H groups in total. The van der Waals surface area contributed by atoms with Crippen LogP contribution in [0.5, 0.6) is 6.01 Å². The van der Waals surface area contributed by atoms with E-state index < -0.39 is 0 Å². The molecule has 2 rings (SSSR count). The van der Waals surface area contributed by atoms with E-state index in [4.69, 9.17) is 15.2 Å². The predicted molar refractivity (Wildman–Crippen MR) is 81.9 cm³/mol. The summed E-state index contributed by atoms with van der Waals surface area (Å²) in [7, 11) is 1.71. The van der Waals surface area contributed by atoms with Crippen LogP contribution in [0.4, 0.5) is 5.82 Å². The number of hydrogen-bond donors (Lipinski definition) is 1. The van der Waals surface area contributed by atoms with E-state index >= 15 is 0 Å². The monoisotopic (exact) mass is 291 g/mol. The lowest BCUT2D eigenvalue weighted by molar-refractivity contribution is 0.122. The number of aliphatic imine (C=N–C) groups is 1. The number of aromatic nitrogens is 2. The summed E-state index contributed by atoms with van der Waals surface area (Å²) in [6.45, 7) is 3.58. The van der Waals surface area contributed by atoms with Crippen LogP contribution in [0.25, 0.3) is 0 Å². The summed E-state index contributed by atoms with van der Waals surface area (Å²) in [5.41, 5.74) is 6.42. The normalized spacial score (nSPS) is 16.4. The number of rotatable bonds is 6. The van der Waals surface area contributed by atoms with E-state index in [2.05, 4.69) is 19.9 Å². The summed E-state index contributed by atoms with van der Waals surface area (Å²) in [4.78, 5) is 14.6. The second kappa shape index (κ2) is 8.21. The molecule has 0 bridgehead atoms. The molecule has 1 aromatic heterocycles. The van der Waals surface area contributed by atoms with Crippen molar-refractivity contribution in [1.82, 2.24) is 9.97 Å². The molecule has 21 heavy (non-hydrogen) atoms. The molecular weight excluding hydrogens is 270 g/mol. The molecule has 0 unspecified atom stereocenters. The molecule has 0 saturated carbocycles. The Hall–Kier alpha value is -2.15. The lowest BCUT2D eigenvalue weighted by Gasteiger charge is -2.27. The minimum atomic E-state index is 0.379. The SMILES string of the molecule is CN=C/C(=C\N)CCOc1nccc(N2CCOCC2)n1. The highest BCUT2D eigenvalue weighted by Crippen LogP contribution is 2.15. The van der Waals surface area contributed by atoms with Gasteiger partial charge in [0, 0.05) is 39.0 Å². The average molecular weight is 291 g/mol. The van der Waals surface area contributed by atoms with Gasteiger partial charge in [-0.25, -0.2) is 4.98 Å². The third-order valence-electron chi connectivity index (χ3n) is 3.08. The Morgan fingerprint density at radius 3 is 3.05 bits per heavy atom. The molecule has 1 aromatic rings. The Kier molecular flexibility index (Phi) is 5.96. The first kappa shape index (κ1) is 15.2. The van der Waals surface area contributed by atoms with E-state index in [-0.39, 0.29) is 0 Å². The van der Waals surface area contributed by atoms with Crippen LogP contribution in [0.15, 0.2) is 29.0 Å². The van der Waals surface area contributed by atoms with E-state index in [0.29, 0.717) is 19.0 Å². The maximum absolute atomic E-state index is 5.58. The lowest BCUT2D eigenvalue weighted by atomic mass is 10.2. The van der Waals surface area contributed by atoms with Crippen LogP contribution in [0.3, 0.4) is 0 Å². The average Bonchev–Trinajstić information content (AvgIpc) is 2.55. The summed E-state index contributed by atoms with van der Waals surface area (Å²) in [6.07, 6.45) is 5.62. The number of anilines is 1. The summed E-state index contributed by atoms with van der Waals surface area (Å²) < 4.78 is 10.9. The third-order valence-corrected chi connectivity index (χ3v) is 3.08. The standard InChI is InChI=1S/C14H21N5O2/c1-16-11-12(10-15)3-7-21-14-17-4-2-13(18-14)19-5-8-20-9-6-19/h2,4,10-11H,3,5-9,15H2,1H3/b12-10-,16-11?. The van der Waals surface area contributed by atoms with Gasteiger partial charge in [0.25, 0.3) is 0 Å². The fourth-order valence-electron chi connectivity index (χ4n) is 1.99. The van der Waals surface area contributed by atoms with Crippen molar-refractivity contribution in [3.05, 3.63) is 24.0 Å². The van der Waals surface area contributed by atoms with Crippen molar-refractivity contribution in [2.45, 2.75) is 6.42 Å². The summed E-state index contributed by atoms with van der Waals surface area (Å²) in [6, 6.07) is 2.26. The predicted octanol–water partition coefficient (Wildman–Crippen LogP) is 0.625. The van der Waals surface area contributed by atoms with Crippen LogP contribution in [-0.4, -0.2) is 56.1 Å². The first-order valence-electron chi connectivity index (χ1n) is 6.95. The number of morpholine rings is 1. The van der Waals surface area contributed by atoms with Crippen molar-refractivity contribution in [1.29, 1.82) is 0 Å².